The van der Waals surface area contributed by atoms with E-state index >= 15 is 0 Å². The molecular formula is C12H14N4O2. The standard InChI is InChI=1S/C12H14N4O2/c1-8(17)14-11-5-3-10(4-6-11)13-7-12-15-9(2)18-16-12/h3-6,13H,7H2,1-2H3,(H,14,17). The van der Waals surface area contributed by atoms with Crippen molar-refractivity contribution in [1.82, 2.24) is 10.1 Å². The molecule has 0 unspecified atom stereocenters. The summed E-state index contributed by atoms with van der Waals surface area (Å²) in [4.78, 5) is 14.9. The summed E-state index contributed by atoms with van der Waals surface area (Å²) in [5.41, 5.74) is 1.69. The van der Waals surface area contributed by atoms with E-state index in [0.717, 1.165) is 11.4 Å². The fraction of sp³-hybridized carbons (Fsp3) is 0.250. The van der Waals surface area contributed by atoms with Crippen LogP contribution in [-0.2, 0) is 11.3 Å². The van der Waals surface area contributed by atoms with Crippen LogP contribution in [-0.4, -0.2) is 16.0 Å². The van der Waals surface area contributed by atoms with Gasteiger partial charge < -0.3 is 15.2 Å². The van der Waals surface area contributed by atoms with Crippen molar-refractivity contribution < 1.29 is 9.32 Å². The number of rotatable bonds is 4. The zero-order valence-corrected chi connectivity index (χ0v) is 10.2. The molecule has 1 aromatic heterocycles. The predicted molar refractivity (Wildman–Crippen MR) is 67.1 cm³/mol. The largest absolute Gasteiger partial charge is 0.378 e. The average Bonchev–Trinajstić information content (AvgIpc) is 2.74. The van der Waals surface area contributed by atoms with Gasteiger partial charge in [0.25, 0.3) is 0 Å². The van der Waals surface area contributed by atoms with Gasteiger partial charge in [0.1, 0.15) is 0 Å². The lowest BCUT2D eigenvalue weighted by atomic mass is 10.2. The first-order valence-corrected chi connectivity index (χ1v) is 5.54. The average molecular weight is 246 g/mol. The van der Waals surface area contributed by atoms with Crippen molar-refractivity contribution in [3.63, 3.8) is 0 Å². The Labute approximate surface area is 104 Å². The summed E-state index contributed by atoms with van der Waals surface area (Å²) in [6, 6.07) is 7.40. The molecule has 1 aromatic carbocycles. The Kier molecular flexibility index (Phi) is 3.57. The first-order valence-electron chi connectivity index (χ1n) is 5.54. The summed E-state index contributed by atoms with van der Waals surface area (Å²) >= 11 is 0. The topological polar surface area (TPSA) is 80.0 Å². The van der Waals surface area contributed by atoms with E-state index in [1.807, 2.05) is 24.3 Å². The maximum atomic E-state index is 10.9. The minimum Gasteiger partial charge on any atom is -0.378 e. The number of nitrogens with zero attached hydrogens (tertiary/aromatic N) is 2. The van der Waals surface area contributed by atoms with Gasteiger partial charge in [-0.2, -0.15) is 4.98 Å². The Balaban J connectivity index is 1.92. The molecule has 6 heteroatoms. The molecule has 2 rings (SSSR count). The highest BCUT2D eigenvalue weighted by Gasteiger charge is 2.01. The lowest BCUT2D eigenvalue weighted by Gasteiger charge is -2.05. The molecule has 0 radical (unpaired) electrons. The SMILES string of the molecule is CC(=O)Nc1ccc(NCc2noc(C)n2)cc1. The van der Waals surface area contributed by atoms with Crippen molar-refractivity contribution in [2.24, 2.45) is 0 Å². The molecule has 94 valence electrons. The first-order chi connectivity index (χ1) is 8.63. The van der Waals surface area contributed by atoms with E-state index in [9.17, 15) is 4.79 Å². The summed E-state index contributed by atoms with van der Waals surface area (Å²) in [7, 11) is 0. The van der Waals surface area contributed by atoms with Crippen molar-refractivity contribution in [3.05, 3.63) is 36.0 Å². The van der Waals surface area contributed by atoms with E-state index in [1.165, 1.54) is 6.92 Å². The van der Waals surface area contributed by atoms with Crippen molar-refractivity contribution in [2.45, 2.75) is 20.4 Å². The Morgan fingerprint density at radius 3 is 2.50 bits per heavy atom. The van der Waals surface area contributed by atoms with Crippen LogP contribution < -0.4 is 10.6 Å². The molecule has 18 heavy (non-hydrogen) atoms. The molecule has 0 bridgehead atoms. The van der Waals surface area contributed by atoms with Crippen molar-refractivity contribution >= 4 is 17.3 Å². The fourth-order valence-corrected chi connectivity index (χ4v) is 1.47. The van der Waals surface area contributed by atoms with Gasteiger partial charge in [0.2, 0.25) is 11.8 Å². The van der Waals surface area contributed by atoms with E-state index in [4.69, 9.17) is 4.52 Å². The molecule has 0 fully saturated rings. The van der Waals surface area contributed by atoms with Crippen LogP contribution >= 0.6 is 0 Å². The summed E-state index contributed by atoms with van der Waals surface area (Å²) < 4.78 is 4.87. The number of nitrogens with one attached hydrogen (secondary N) is 2. The van der Waals surface area contributed by atoms with Crippen LogP contribution in [0.4, 0.5) is 11.4 Å². The van der Waals surface area contributed by atoms with Crippen LogP contribution in [0.3, 0.4) is 0 Å². The molecule has 0 aliphatic heterocycles. The van der Waals surface area contributed by atoms with Crippen molar-refractivity contribution in [2.75, 3.05) is 10.6 Å². The van der Waals surface area contributed by atoms with Crippen LogP contribution in [0.2, 0.25) is 0 Å². The Hall–Kier alpha value is -2.37. The summed E-state index contributed by atoms with van der Waals surface area (Å²) in [5, 5.41) is 9.64. The number of aryl methyl sites for hydroxylation is 1. The molecule has 1 heterocycles. The number of hydrogen-bond acceptors (Lipinski definition) is 5. The van der Waals surface area contributed by atoms with Gasteiger partial charge in [0.05, 0.1) is 6.54 Å². The van der Waals surface area contributed by atoms with Gasteiger partial charge >= 0.3 is 0 Å². The molecule has 6 nitrogen and oxygen atoms in total. The monoisotopic (exact) mass is 246 g/mol. The van der Waals surface area contributed by atoms with Crippen LogP contribution in [0.15, 0.2) is 28.8 Å². The minimum absolute atomic E-state index is 0.0852. The van der Waals surface area contributed by atoms with Crippen LogP contribution in [0.5, 0.6) is 0 Å². The Morgan fingerprint density at radius 1 is 1.28 bits per heavy atom. The molecule has 1 amide bonds. The third-order valence-corrected chi connectivity index (χ3v) is 2.23. The molecule has 0 atom stereocenters. The van der Waals surface area contributed by atoms with Gasteiger partial charge in [-0.3, -0.25) is 4.79 Å². The molecule has 2 aromatic rings. The van der Waals surface area contributed by atoms with E-state index in [-0.39, 0.29) is 5.91 Å². The van der Waals surface area contributed by atoms with Gasteiger partial charge in [0.15, 0.2) is 5.82 Å². The molecule has 0 spiro atoms. The second kappa shape index (κ2) is 5.31. The smallest absolute Gasteiger partial charge is 0.223 e. The second-order valence-corrected chi connectivity index (χ2v) is 3.84. The molecule has 0 aliphatic rings. The van der Waals surface area contributed by atoms with Gasteiger partial charge in [-0.15, -0.1) is 0 Å². The maximum absolute atomic E-state index is 10.9. The molecule has 0 saturated carbocycles. The molecular weight excluding hydrogens is 232 g/mol. The molecule has 0 saturated heterocycles. The zero-order valence-electron chi connectivity index (χ0n) is 10.2. The number of carbonyl (C=O) groups is 1. The van der Waals surface area contributed by atoms with E-state index in [1.54, 1.807) is 6.92 Å². The predicted octanol–water partition coefficient (Wildman–Crippen LogP) is 1.95. The fourth-order valence-electron chi connectivity index (χ4n) is 1.47. The second-order valence-electron chi connectivity index (χ2n) is 3.84. The quantitative estimate of drug-likeness (QED) is 0.861. The highest BCUT2D eigenvalue weighted by atomic mass is 16.5. The van der Waals surface area contributed by atoms with Crippen molar-refractivity contribution in [3.8, 4) is 0 Å². The van der Waals surface area contributed by atoms with Crippen LogP contribution in [0.25, 0.3) is 0 Å². The molecule has 0 aliphatic carbocycles. The lowest BCUT2D eigenvalue weighted by Crippen LogP contribution is -2.06. The minimum atomic E-state index is -0.0852. The van der Waals surface area contributed by atoms with E-state index < -0.39 is 0 Å². The maximum Gasteiger partial charge on any atom is 0.223 e. The number of aromatic nitrogens is 2. The van der Waals surface area contributed by atoms with Crippen LogP contribution in [0, 0.1) is 6.92 Å². The van der Waals surface area contributed by atoms with Crippen LogP contribution in [0.1, 0.15) is 18.6 Å². The Bertz CT molecular complexity index is 533. The van der Waals surface area contributed by atoms with Gasteiger partial charge in [-0.25, -0.2) is 0 Å². The van der Waals surface area contributed by atoms with Crippen molar-refractivity contribution in [1.29, 1.82) is 0 Å². The van der Waals surface area contributed by atoms with Gasteiger partial charge in [0, 0.05) is 25.2 Å². The number of carbonyl (C=O) groups excluding carboxylic acids is 1. The normalized spacial score (nSPS) is 10.1. The van der Waals surface area contributed by atoms with E-state index in [0.29, 0.717) is 18.3 Å². The summed E-state index contributed by atoms with van der Waals surface area (Å²) in [6.07, 6.45) is 0. The summed E-state index contributed by atoms with van der Waals surface area (Å²) in [6.45, 7) is 3.72. The Morgan fingerprint density at radius 2 is 1.94 bits per heavy atom. The highest BCUT2D eigenvalue weighted by Crippen LogP contribution is 2.14. The van der Waals surface area contributed by atoms with Gasteiger partial charge in [-0.1, -0.05) is 5.16 Å². The number of hydrogen-bond donors (Lipinski definition) is 2. The number of anilines is 2. The zero-order chi connectivity index (χ0) is 13.0. The first kappa shape index (κ1) is 12.1. The van der Waals surface area contributed by atoms with Gasteiger partial charge in [-0.05, 0) is 24.3 Å². The lowest BCUT2D eigenvalue weighted by molar-refractivity contribution is -0.114. The summed E-state index contributed by atoms with van der Waals surface area (Å²) in [5.74, 6) is 1.07. The molecule has 2 N–H and O–H groups in total. The third kappa shape index (κ3) is 3.31. The number of amides is 1. The third-order valence-electron chi connectivity index (χ3n) is 2.23. The number of benzene rings is 1. The van der Waals surface area contributed by atoms with E-state index in [2.05, 4.69) is 20.8 Å². The highest BCUT2D eigenvalue weighted by molar-refractivity contribution is 5.88.